The smallest absolute Gasteiger partial charge is 0.416 e. The number of hydrogen-bond acceptors (Lipinski definition) is 5. The fourth-order valence-corrected chi connectivity index (χ4v) is 4.49. The number of nitrogens with one attached hydrogen (secondary N) is 1. The Kier molecular flexibility index (Phi) is 9.67. The van der Waals surface area contributed by atoms with Gasteiger partial charge in [0.25, 0.3) is 0 Å². The first-order valence-corrected chi connectivity index (χ1v) is 13.0. The van der Waals surface area contributed by atoms with Crippen molar-refractivity contribution in [2.45, 2.75) is 18.9 Å². The molecule has 1 N–H and O–H groups in total. The van der Waals surface area contributed by atoms with Gasteiger partial charge in [-0.3, -0.25) is 4.90 Å². The second-order valence-electron chi connectivity index (χ2n) is 9.30. The van der Waals surface area contributed by atoms with Crippen molar-refractivity contribution < 1.29 is 32.2 Å². The number of carbonyl (C=O) groups is 2. The minimum atomic E-state index is -4.39. The zero-order valence-corrected chi connectivity index (χ0v) is 22.5. The van der Waals surface area contributed by atoms with E-state index in [1.807, 2.05) is 12.1 Å². The van der Waals surface area contributed by atoms with Crippen LogP contribution in [0.3, 0.4) is 0 Å². The number of halogens is 4. The second-order valence-corrected chi connectivity index (χ2v) is 9.74. The molecule has 1 fully saturated rings. The van der Waals surface area contributed by atoms with Gasteiger partial charge < -0.3 is 19.7 Å². The first-order valence-electron chi connectivity index (χ1n) is 12.6. The van der Waals surface area contributed by atoms with E-state index >= 15 is 0 Å². The maximum atomic E-state index is 12.9. The van der Waals surface area contributed by atoms with Crippen molar-refractivity contribution in [2.75, 3.05) is 45.2 Å². The molecule has 7 nitrogen and oxygen atoms in total. The molecule has 1 aliphatic heterocycles. The quantitative estimate of drug-likeness (QED) is 0.321. The number of rotatable bonds is 8. The van der Waals surface area contributed by atoms with Gasteiger partial charge in [-0.25, -0.2) is 9.59 Å². The summed E-state index contributed by atoms with van der Waals surface area (Å²) in [7, 11) is 1.28. The molecule has 3 aromatic rings. The maximum absolute atomic E-state index is 12.9. The third-order valence-electron chi connectivity index (χ3n) is 6.63. The number of amides is 2. The Balaban J connectivity index is 1.36. The summed E-state index contributed by atoms with van der Waals surface area (Å²) >= 11 is 6.06. The van der Waals surface area contributed by atoms with Crippen molar-refractivity contribution in [3.05, 3.63) is 100 Å². The summed E-state index contributed by atoms with van der Waals surface area (Å²) in [5.41, 5.74) is 1.45. The van der Waals surface area contributed by atoms with Gasteiger partial charge in [0.05, 0.1) is 36.6 Å². The molecule has 0 saturated carbocycles. The molecular formula is C29H29ClF3N3O4. The van der Waals surface area contributed by atoms with Crippen LogP contribution in [0, 0.1) is 0 Å². The molecule has 212 valence electrons. The van der Waals surface area contributed by atoms with Crippen LogP contribution >= 0.6 is 11.6 Å². The molecule has 40 heavy (non-hydrogen) atoms. The zero-order chi connectivity index (χ0) is 28.7. The third kappa shape index (κ3) is 7.74. The molecule has 1 unspecified atom stereocenters. The van der Waals surface area contributed by atoms with E-state index in [1.165, 1.54) is 19.2 Å². The third-order valence-corrected chi connectivity index (χ3v) is 6.88. The number of alkyl halides is 3. The average molecular weight is 576 g/mol. The van der Waals surface area contributed by atoms with Crippen LogP contribution in [0.15, 0.2) is 72.8 Å². The van der Waals surface area contributed by atoms with E-state index < -0.39 is 17.7 Å². The highest BCUT2D eigenvalue weighted by molar-refractivity contribution is 6.30. The number of ether oxygens (including phenoxy) is 2. The van der Waals surface area contributed by atoms with Crippen molar-refractivity contribution in [2.24, 2.45) is 0 Å². The Morgan fingerprint density at radius 1 is 0.950 bits per heavy atom. The normalized spacial score (nSPS) is 15.0. The number of methoxy groups -OCH3 is 1. The molecule has 1 atom stereocenters. The van der Waals surface area contributed by atoms with Gasteiger partial charge in [0, 0.05) is 37.7 Å². The number of esters is 1. The molecule has 11 heteroatoms. The molecule has 0 spiro atoms. The molecule has 3 aromatic carbocycles. The lowest BCUT2D eigenvalue weighted by Crippen LogP contribution is -2.51. The summed E-state index contributed by atoms with van der Waals surface area (Å²) in [6.07, 6.45) is -4.76. The van der Waals surface area contributed by atoms with Gasteiger partial charge >= 0.3 is 18.2 Å². The van der Waals surface area contributed by atoms with Crippen LogP contribution in [-0.2, 0) is 22.3 Å². The largest absolute Gasteiger partial charge is 0.465 e. The highest BCUT2D eigenvalue weighted by atomic mass is 35.5. The number of carbonyl (C=O) groups excluding carboxylic acids is 2. The predicted molar refractivity (Wildman–Crippen MR) is 145 cm³/mol. The van der Waals surface area contributed by atoms with Crippen molar-refractivity contribution >= 4 is 29.3 Å². The Morgan fingerprint density at radius 2 is 1.60 bits per heavy atom. The van der Waals surface area contributed by atoms with Crippen molar-refractivity contribution in [1.29, 1.82) is 0 Å². The second kappa shape index (κ2) is 13.2. The Labute approximate surface area is 235 Å². The number of para-hydroxylation sites is 1. The highest BCUT2D eigenvalue weighted by Crippen LogP contribution is 2.30. The lowest BCUT2D eigenvalue weighted by molar-refractivity contribution is -0.137. The van der Waals surface area contributed by atoms with E-state index in [0.29, 0.717) is 49.0 Å². The monoisotopic (exact) mass is 575 g/mol. The summed E-state index contributed by atoms with van der Waals surface area (Å²) in [4.78, 5) is 28.7. The summed E-state index contributed by atoms with van der Waals surface area (Å²) in [5.74, 6) is -0.537. The summed E-state index contributed by atoms with van der Waals surface area (Å²) in [6, 6.07) is 18.5. The fourth-order valence-electron chi connectivity index (χ4n) is 4.36. The van der Waals surface area contributed by atoms with Crippen LogP contribution < -0.4 is 5.32 Å². The van der Waals surface area contributed by atoms with Crippen LogP contribution in [0.2, 0.25) is 5.02 Å². The van der Waals surface area contributed by atoms with E-state index in [0.717, 1.165) is 17.7 Å². The molecule has 2 amide bonds. The zero-order valence-electron chi connectivity index (χ0n) is 21.8. The number of piperazine rings is 1. The Bertz CT molecular complexity index is 1300. The minimum Gasteiger partial charge on any atom is -0.465 e. The molecule has 0 radical (unpaired) electrons. The van der Waals surface area contributed by atoms with Crippen LogP contribution in [0.25, 0.3) is 0 Å². The topological polar surface area (TPSA) is 71.1 Å². The van der Waals surface area contributed by atoms with Gasteiger partial charge in [-0.2, -0.15) is 13.2 Å². The standard InChI is InChI=1S/C29H29ClF3N3O4/c1-39-27(37)24-4-2-3-5-25(24)34-28(38)36-16-14-35(15-17-36)18-26(21-8-12-23(30)13-9-21)40-19-20-6-10-22(11-7-20)29(31,32)33/h2-13,26H,14-19H2,1H3,(H,34,38). The van der Waals surface area contributed by atoms with Gasteiger partial charge in [0.2, 0.25) is 0 Å². The summed E-state index contributed by atoms with van der Waals surface area (Å²) in [5, 5.41) is 3.38. The van der Waals surface area contributed by atoms with Crippen molar-refractivity contribution in [1.82, 2.24) is 9.80 Å². The van der Waals surface area contributed by atoms with E-state index in [1.54, 1.807) is 41.3 Å². The van der Waals surface area contributed by atoms with Crippen molar-refractivity contribution in [3.63, 3.8) is 0 Å². The predicted octanol–water partition coefficient (Wildman–Crippen LogP) is 6.25. The van der Waals surface area contributed by atoms with E-state index in [4.69, 9.17) is 21.1 Å². The molecule has 1 saturated heterocycles. The maximum Gasteiger partial charge on any atom is 0.416 e. The van der Waals surface area contributed by atoms with Crippen LogP contribution in [0.4, 0.5) is 23.7 Å². The minimum absolute atomic E-state index is 0.132. The highest BCUT2D eigenvalue weighted by Gasteiger charge is 2.30. The lowest BCUT2D eigenvalue weighted by Gasteiger charge is -2.36. The number of anilines is 1. The van der Waals surface area contributed by atoms with Crippen LogP contribution in [0.5, 0.6) is 0 Å². The molecule has 0 aliphatic carbocycles. The number of urea groups is 1. The number of benzene rings is 3. The van der Waals surface area contributed by atoms with Gasteiger partial charge in [0.1, 0.15) is 0 Å². The van der Waals surface area contributed by atoms with Gasteiger partial charge in [-0.15, -0.1) is 0 Å². The van der Waals surface area contributed by atoms with Gasteiger partial charge in [-0.1, -0.05) is 48.0 Å². The summed E-state index contributed by atoms with van der Waals surface area (Å²) < 4.78 is 49.7. The first-order chi connectivity index (χ1) is 19.1. The fraction of sp³-hybridized carbons (Fsp3) is 0.310. The average Bonchev–Trinajstić information content (AvgIpc) is 2.95. The van der Waals surface area contributed by atoms with Crippen LogP contribution in [0.1, 0.15) is 33.2 Å². The molecule has 0 aromatic heterocycles. The SMILES string of the molecule is COC(=O)c1ccccc1NC(=O)N1CCN(CC(OCc2ccc(C(F)(F)F)cc2)c2ccc(Cl)cc2)CC1. The van der Waals surface area contributed by atoms with Gasteiger partial charge in [-0.05, 0) is 47.5 Å². The molecule has 1 heterocycles. The number of hydrogen-bond donors (Lipinski definition) is 1. The molecular weight excluding hydrogens is 547 g/mol. The number of nitrogens with zero attached hydrogens (tertiary/aromatic N) is 2. The Hall–Kier alpha value is -3.60. The van der Waals surface area contributed by atoms with Crippen LogP contribution in [-0.4, -0.2) is 61.6 Å². The Morgan fingerprint density at radius 3 is 2.23 bits per heavy atom. The van der Waals surface area contributed by atoms with E-state index in [9.17, 15) is 22.8 Å². The van der Waals surface area contributed by atoms with Crippen molar-refractivity contribution in [3.8, 4) is 0 Å². The summed E-state index contributed by atoms with van der Waals surface area (Å²) in [6.45, 7) is 2.73. The first kappa shape index (κ1) is 29.4. The van der Waals surface area contributed by atoms with Gasteiger partial charge in [0.15, 0.2) is 0 Å². The van der Waals surface area contributed by atoms with E-state index in [2.05, 4.69) is 10.2 Å². The lowest BCUT2D eigenvalue weighted by atomic mass is 10.1. The molecule has 4 rings (SSSR count). The molecule has 1 aliphatic rings. The van der Waals surface area contributed by atoms with E-state index in [-0.39, 0.29) is 24.3 Å². The molecule has 0 bridgehead atoms.